The third-order valence-corrected chi connectivity index (χ3v) is 11.2. The number of nitrogens with zero attached hydrogens (tertiary/aromatic N) is 2. The molecule has 0 bridgehead atoms. The zero-order valence-electron chi connectivity index (χ0n) is 30.8. The number of allylic oxidation sites excluding steroid dienone is 4. The Morgan fingerprint density at radius 2 is 1.59 bits per heavy atom. The van der Waals surface area contributed by atoms with Crippen LogP contribution < -0.4 is 0 Å². The highest BCUT2D eigenvalue weighted by Crippen LogP contribution is 2.69. The van der Waals surface area contributed by atoms with E-state index in [2.05, 4.69) is 9.68 Å². The fraction of sp³-hybridized carbons (Fsp3) is 0.714. The number of hydrogen-bond acceptors (Lipinski definition) is 15. The lowest BCUT2D eigenvalue weighted by Crippen LogP contribution is -2.68. The van der Waals surface area contributed by atoms with Crippen LogP contribution in [0.1, 0.15) is 84.5 Å². The lowest BCUT2D eigenvalue weighted by Gasteiger charge is -2.62. The number of Topliss-reactive ketones (excluding diaryl/α,β-unsaturated/α-hetero) is 1. The lowest BCUT2D eigenvalue weighted by molar-refractivity contribution is -0.757. The summed E-state index contributed by atoms with van der Waals surface area (Å²) < 4.78 is 42.6. The van der Waals surface area contributed by atoms with Gasteiger partial charge in [0.15, 0.2) is 17.2 Å². The molecule has 312 valence electrons. The first-order valence-electron chi connectivity index (χ1n) is 18.0. The minimum Gasteiger partial charge on any atom is -0.481 e. The number of ether oxygens (including phenoxy) is 2. The Bertz CT molecular complexity index is 1590. The summed E-state index contributed by atoms with van der Waals surface area (Å²) in [5, 5.41) is 46.5. The highest BCUT2D eigenvalue weighted by molar-refractivity contribution is 6.01. The molecule has 4 rings (SSSR count). The van der Waals surface area contributed by atoms with E-state index in [0.717, 1.165) is 6.08 Å². The molecule has 0 aromatic heterocycles. The van der Waals surface area contributed by atoms with Crippen LogP contribution >= 0.6 is 0 Å². The number of aliphatic hydroxyl groups is 1. The maximum absolute atomic E-state index is 17.2. The van der Waals surface area contributed by atoms with Crippen molar-refractivity contribution in [3.63, 3.8) is 0 Å². The van der Waals surface area contributed by atoms with E-state index in [1.807, 2.05) is 0 Å². The fourth-order valence-corrected chi connectivity index (χ4v) is 8.64. The van der Waals surface area contributed by atoms with Crippen LogP contribution in [-0.2, 0) is 47.9 Å². The van der Waals surface area contributed by atoms with Gasteiger partial charge < -0.3 is 34.5 Å². The Balaban J connectivity index is 0.000000739. The van der Waals surface area contributed by atoms with E-state index in [1.165, 1.54) is 19.1 Å². The molecular weight excluding hydrogens is 758 g/mol. The number of rotatable bonds is 19. The van der Waals surface area contributed by atoms with E-state index in [9.17, 15) is 59.2 Å². The van der Waals surface area contributed by atoms with Crippen LogP contribution in [0.2, 0.25) is 0 Å². The van der Waals surface area contributed by atoms with Crippen molar-refractivity contribution in [1.29, 1.82) is 0 Å². The Labute approximate surface area is 318 Å². The molecule has 0 aliphatic heterocycles. The number of ketones is 2. The number of unbranched alkanes of at least 4 members (excludes halogenated alkanes) is 2. The number of carbonyl (C=O) groups is 6. The molecule has 4 aliphatic carbocycles. The monoisotopic (exact) mass is 804 g/mol. The van der Waals surface area contributed by atoms with Crippen molar-refractivity contribution in [2.75, 3.05) is 19.8 Å². The topological polar surface area (TPSA) is 286 Å². The number of carboxylic acids is 2. The van der Waals surface area contributed by atoms with Gasteiger partial charge in [-0.15, -0.1) is 20.2 Å². The number of aliphatic carboxylic acids is 2. The number of carboxylic acid groups (broad SMARTS) is 2. The van der Waals surface area contributed by atoms with Gasteiger partial charge in [0.05, 0.1) is 25.7 Å². The van der Waals surface area contributed by atoms with Crippen molar-refractivity contribution in [2.45, 2.75) is 109 Å². The van der Waals surface area contributed by atoms with Gasteiger partial charge in [0, 0.05) is 30.1 Å². The van der Waals surface area contributed by atoms with Gasteiger partial charge >= 0.3 is 23.9 Å². The quantitative estimate of drug-likeness (QED) is 0.0731. The van der Waals surface area contributed by atoms with Crippen molar-refractivity contribution >= 4 is 35.4 Å². The lowest BCUT2D eigenvalue weighted by atomic mass is 9.45. The average molecular weight is 805 g/mol. The third-order valence-electron chi connectivity index (χ3n) is 11.2. The van der Waals surface area contributed by atoms with E-state index in [0.29, 0.717) is 19.3 Å². The SMILES string of the molecule is CC12CC(O)[C@@]3(F)C(C[C@H](F)C4=CC(=O)C=CC43C)C1CCC2C(=O)COC(=O)CC(OC(=O)CCCCCO[N+](=O)[O-])C(=O)O.O=C(O)CCCO[N+](=O)[O-]. The minimum absolute atomic E-state index is 0.00424. The van der Waals surface area contributed by atoms with Crippen LogP contribution in [0.4, 0.5) is 8.78 Å². The summed E-state index contributed by atoms with van der Waals surface area (Å²) in [5.41, 5.74) is -4.75. The molecule has 0 amide bonds. The largest absolute Gasteiger partial charge is 0.481 e. The highest BCUT2D eigenvalue weighted by Gasteiger charge is 2.72. The highest BCUT2D eigenvalue weighted by atomic mass is 19.1. The van der Waals surface area contributed by atoms with Crippen molar-refractivity contribution in [2.24, 2.45) is 28.6 Å². The van der Waals surface area contributed by atoms with Gasteiger partial charge in [-0.05, 0) is 80.9 Å². The Hall–Kier alpha value is -5.08. The third kappa shape index (κ3) is 10.6. The van der Waals surface area contributed by atoms with Gasteiger partial charge in [-0.1, -0.05) is 19.4 Å². The van der Waals surface area contributed by atoms with Crippen LogP contribution in [-0.4, -0.2) is 105 Å². The van der Waals surface area contributed by atoms with E-state index >= 15 is 8.78 Å². The molecule has 0 saturated heterocycles. The predicted octanol–water partition coefficient (Wildman–Crippen LogP) is 3.25. The molecule has 0 heterocycles. The fourth-order valence-electron chi connectivity index (χ4n) is 8.64. The summed E-state index contributed by atoms with van der Waals surface area (Å²) in [6.45, 7) is 2.21. The number of hydrogen-bond donors (Lipinski definition) is 3. The number of carbonyl (C=O) groups excluding carboxylic acids is 4. The van der Waals surface area contributed by atoms with Gasteiger partial charge in [-0.25, -0.2) is 13.6 Å². The molecule has 19 nitrogen and oxygen atoms in total. The van der Waals surface area contributed by atoms with Gasteiger partial charge in [0.1, 0.15) is 12.8 Å². The van der Waals surface area contributed by atoms with E-state index in [4.69, 9.17) is 14.6 Å². The molecule has 3 fully saturated rings. The second-order valence-electron chi connectivity index (χ2n) is 14.6. The molecule has 9 atom stereocenters. The normalized spacial score (nSPS) is 30.4. The number of esters is 2. The standard InChI is InChI=1S/C31H39F2NO12.C4H7NO5/c1-29-15-25(37)31(33)20(13-22(32)21-12-17(35)9-10-30(21,31)2)18(29)7-8-19(29)23(36)16-44-27(39)14-24(28(40)41)46-26(38)6-4-3-5-11-45-34(42)43;6-4(7)2-1-3-10-5(8)9/h9-10,12,18-20,22,24-25,37H,3-8,11,13-16H2,1-2H3,(H,40,41);1-3H2,(H,6,7)/t18?,19?,20?,22-,24?,25?,29?,30?,31-;/m0./s1. The molecule has 7 unspecified atom stereocenters. The molecular formula is C35H46F2N2O17. The maximum Gasteiger partial charge on any atom is 0.345 e. The first-order valence-corrected chi connectivity index (χ1v) is 18.0. The average Bonchev–Trinajstić information content (AvgIpc) is 3.45. The van der Waals surface area contributed by atoms with E-state index in [1.54, 1.807) is 6.92 Å². The van der Waals surface area contributed by atoms with Crippen LogP contribution in [0, 0.1) is 48.8 Å². The number of alkyl halides is 2. The van der Waals surface area contributed by atoms with Crippen LogP contribution in [0.3, 0.4) is 0 Å². The smallest absolute Gasteiger partial charge is 0.345 e. The molecule has 0 radical (unpaired) electrons. The van der Waals surface area contributed by atoms with Crippen molar-refractivity contribution < 1.29 is 82.2 Å². The first-order chi connectivity index (χ1) is 26.2. The Morgan fingerprint density at radius 1 is 0.946 bits per heavy atom. The Morgan fingerprint density at radius 3 is 2.20 bits per heavy atom. The van der Waals surface area contributed by atoms with Gasteiger partial charge in [-0.3, -0.25) is 24.0 Å². The van der Waals surface area contributed by atoms with Gasteiger partial charge in [-0.2, -0.15) is 0 Å². The molecule has 4 aliphatic rings. The summed E-state index contributed by atoms with van der Waals surface area (Å²) in [7, 11) is 0. The van der Waals surface area contributed by atoms with Crippen molar-refractivity contribution in [1.82, 2.24) is 0 Å². The van der Waals surface area contributed by atoms with E-state index < -0.39 is 111 Å². The zero-order chi connectivity index (χ0) is 42.0. The molecule has 3 saturated carbocycles. The number of halogens is 2. The summed E-state index contributed by atoms with van der Waals surface area (Å²) >= 11 is 0. The maximum atomic E-state index is 17.2. The summed E-state index contributed by atoms with van der Waals surface area (Å²) in [4.78, 5) is 98.8. The molecule has 0 aromatic rings. The molecule has 0 spiro atoms. The zero-order valence-corrected chi connectivity index (χ0v) is 30.8. The van der Waals surface area contributed by atoms with Gasteiger partial charge in [0.25, 0.3) is 10.2 Å². The second-order valence-corrected chi connectivity index (χ2v) is 14.6. The number of fused-ring (bicyclic) bond motifs is 5. The second kappa shape index (κ2) is 19.2. The molecule has 0 aromatic carbocycles. The van der Waals surface area contributed by atoms with E-state index in [-0.39, 0.29) is 63.7 Å². The predicted molar refractivity (Wildman–Crippen MR) is 181 cm³/mol. The van der Waals surface area contributed by atoms with Crippen molar-refractivity contribution in [3.8, 4) is 0 Å². The van der Waals surface area contributed by atoms with Crippen LogP contribution in [0.25, 0.3) is 0 Å². The van der Waals surface area contributed by atoms with Crippen molar-refractivity contribution in [3.05, 3.63) is 44.0 Å². The van der Waals surface area contributed by atoms with Crippen LogP contribution in [0.5, 0.6) is 0 Å². The summed E-state index contributed by atoms with van der Waals surface area (Å²) in [6.07, 6.45) is -1.21. The van der Waals surface area contributed by atoms with Gasteiger partial charge in [0.2, 0.25) is 6.10 Å². The number of aliphatic hydroxyl groups excluding tert-OH is 1. The van der Waals surface area contributed by atoms with Crippen LogP contribution in [0.15, 0.2) is 23.8 Å². The minimum atomic E-state index is -2.28. The first kappa shape index (κ1) is 45.3. The Kier molecular flexibility index (Phi) is 15.5. The molecule has 56 heavy (non-hydrogen) atoms. The summed E-state index contributed by atoms with van der Waals surface area (Å²) in [5.74, 6) is -7.72. The summed E-state index contributed by atoms with van der Waals surface area (Å²) in [6, 6.07) is 0. The molecule has 21 heteroatoms. The molecule has 3 N–H and O–H groups in total.